The second kappa shape index (κ2) is 5.21. The van der Waals surface area contributed by atoms with Gasteiger partial charge in [0.2, 0.25) is 0 Å². The van der Waals surface area contributed by atoms with Crippen LogP contribution in [0, 0.1) is 0 Å². The molecular weight excluding hydrogens is 242 g/mol. The van der Waals surface area contributed by atoms with Crippen molar-refractivity contribution < 1.29 is 14.6 Å². The summed E-state index contributed by atoms with van der Waals surface area (Å²) in [6.45, 7) is 6.55. The lowest BCUT2D eigenvalue weighted by Crippen LogP contribution is -2.36. The molecule has 0 radical (unpaired) electrons. The van der Waals surface area contributed by atoms with Crippen molar-refractivity contribution in [2.75, 3.05) is 6.54 Å². The molecule has 1 N–H and O–H groups in total. The standard InChI is InChI=1S/C15H21NO3/c1-15(2,3)19-14(18)16-9-8-13(17)12-7-5-4-6-11(12)10-16/h4-7,13,17H,8-10H2,1-3H3. The Morgan fingerprint density at radius 3 is 2.74 bits per heavy atom. The van der Waals surface area contributed by atoms with E-state index in [9.17, 15) is 9.90 Å². The number of benzene rings is 1. The van der Waals surface area contributed by atoms with Crippen LogP contribution >= 0.6 is 0 Å². The average Bonchev–Trinajstić information content (AvgIpc) is 2.47. The van der Waals surface area contributed by atoms with Crippen molar-refractivity contribution in [3.8, 4) is 0 Å². The van der Waals surface area contributed by atoms with Crippen molar-refractivity contribution in [2.24, 2.45) is 0 Å². The Morgan fingerprint density at radius 2 is 2.05 bits per heavy atom. The molecule has 4 nitrogen and oxygen atoms in total. The minimum absolute atomic E-state index is 0.323. The van der Waals surface area contributed by atoms with Crippen molar-refractivity contribution >= 4 is 6.09 Å². The van der Waals surface area contributed by atoms with Crippen LogP contribution in [0.2, 0.25) is 0 Å². The van der Waals surface area contributed by atoms with E-state index < -0.39 is 11.7 Å². The zero-order chi connectivity index (χ0) is 14.0. The second-order valence-corrected chi connectivity index (χ2v) is 5.91. The SMILES string of the molecule is CC(C)(C)OC(=O)N1CCC(O)c2ccccc2C1. The molecule has 0 aromatic heterocycles. The highest BCUT2D eigenvalue weighted by atomic mass is 16.6. The van der Waals surface area contributed by atoms with E-state index in [1.165, 1.54) is 0 Å². The van der Waals surface area contributed by atoms with E-state index in [0.29, 0.717) is 19.5 Å². The molecule has 1 aromatic carbocycles. The molecule has 0 bridgehead atoms. The molecule has 0 spiro atoms. The zero-order valence-corrected chi connectivity index (χ0v) is 11.7. The van der Waals surface area contributed by atoms with Crippen LogP contribution in [0.3, 0.4) is 0 Å². The lowest BCUT2D eigenvalue weighted by atomic mass is 10.0. The number of carbonyl (C=O) groups excluding carboxylic acids is 1. The summed E-state index contributed by atoms with van der Waals surface area (Å²) < 4.78 is 5.39. The Hall–Kier alpha value is -1.55. The molecule has 1 atom stereocenters. The Labute approximate surface area is 114 Å². The van der Waals surface area contributed by atoms with E-state index in [2.05, 4.69) is 0 Å². The smallest absolute Gasteiger partial charge is 0.410 e. The number of aliphatic hydroxyl groups is 1. The van der Waals surface area contributed by atoms with Gasteiger partial charge in [-0.1, -0.05) is 24.3 Å². The van der Waals surface area contributed by atoms with Gasteiger partial charge in [0, 0.05) is 13.1 Å². The van der Waals surface area contributed by atoms with Gasteiger partial charge in [0.05, 0.1) is 6.10 Å². The highest BCUT2D eigenvalue weighted by Gasteiger charge is 2.26. The number of carbonyl (C=O) groups is 1. The number of aliphatic hydroxyl groups excluding tert-OH is 1. The van der Waals surface area contributed by atoms with Crippen molar-refractivity contribution in [1.82, 2.24) is 4.90 Å². The van der Waals surface area contributed by atoms with E-state index in [1.807, 2.05) is 45.0 Å². The Bertz CT molecular complexity index is 465. The number of fused-ring (bicyclic) bond motifs is 1. The van der Waals surface area contributed by atoms with Crippen molar-refractivity contribution in [3.63, 3.8) is 0 Å². The number of amides is 1. The first-order chi connectivity index (χ1) is 8.87. The number of hydrogen-bond donors (Lipinski definition) is 1. The Kier molecular flexibility index (Phi) is 3.80. The van der Waals surface area contributed by atoms with Gasteiger partial charge in [-0.05, 0) is 38.3 Å². The maximum atomic E-state index is 12.1. The maximum absolute atomic E-state index is 12.1. The van der Waals surface area contributed by atoms with E-state index in [0.717, 1.165) is 11.1 Å². The number of ether oxygens (including phenoxy) is 1. The van der Waals surface area contributed by atoms with Crippen LogP contribution in [0.25, 0.3) is 0 Å². The lowest BCUT2D eigenvalue weighted by molar-refractivity contribution is 0.0220. The predicted octanol–water partition coefficient (Wildman–Crippen LogP) is 2.86. The minimum Gasteiger partial charge on any atom is -0.444 e. The van der Waals surface area contributed by atoms with Crippen LogP contribution in [0.5, 0.6) is 0 Å². The third kappa shape index (κ3) is 3.47. The monoisotopic (exact) mass is 263 g/mol. The van der Waals surface area contributed by atoms with Gasteiger partial charge < -0.3 is 14.7 Å². The van der Waals surface area contributed by atoms with Gasteiger partial charge in [0.25, 0.3) is 0 Å². The van der Waals surface area contributed by atoms with Gasteiger partial charge in [0.1, 0.15) is 5.60 Å². The summed E-state index contributed by atoms with van der Waals surface area (Å²) >= 11 is 0. The van der Waals surface area contributed by atoms with E-state index in [1.54, 1.807) is 4.90 Å². The molecule has 1 aromatic rings. The van der Waals surface area contributed by atoms with Gasteiger partial charge in [0.15, 0.2) is 0 Å². The molecule has 0 saturated heterocycles. The molecule has 0 aliphatic carbocycles. The summed E-state index contributed by atoms with van der Waals surface area (Å²) in [5, 5.41) is 10.1. The molecule has 0 fully saturated rings. The molecule has 19 heavy (non-hydrogen) atoms. The van der Waals surface area contributed by atoms with Crippen LogP contribution in [0.1, 0.15) is 44.4 Å². The zero-order valence-electron chi connectivity index (χ0n) is 11.7. The van der Waals surface area contributed by atoms with Crippen molar-refractivity contribution in [2.45, 2.75) is 45.4 Å². The van der Waals surface area contributed by atoms with Gasteiger partial charge >= 0.3 is 6.09 Å². The summed E-state index contributed by atoms with van der Waals surface area (Å²) in [5.74, 6) is 0. The van der Waals surface area contributed by atoms with E-state index >= 15 is 0 Å². The molecule has 1 amide bonds. The molecule has 2 rings (SSSR count). The molecule has 1 heterocycles. The molecule has 1 aliphatic heterocycles. The third-order valence-corrected chi connectivity index (χ3v) is 3.10. The average molecular weight is 263 g/mol. The molecular formula is C15H21NO3. The fraction of sp³-hybridized carbons (Fsp3) is 0.533. The van der Waals surface area contributed by atoms with Gasteiger partial charge in [-0.15, -0.1) is 0 Å². The summed E-state index contributed by atoms with van der Waals surface area (Å²) in [4.78, 5) is 13.8. The molecule has 4 heteroatoms. The van der Waals surface area contributed by atoms with Crippen LogP contribution in [0.15, 0.2) is 24.3 Å². The highest BCUT2D eigenvalue weighted by molar-refractivity contribution is 5.68. The van der Waals surface area contributed by atoms with Gasteiger partial charge in [-0.3, -0.25) is 0 Å². The molecule has 104 valence electrons. The summed E-state index contributed by atoms with van der Waals surface area (Å²) in [7, 11) is 0. The van der Waals surface area contributed by atoms with Crippen molar-refractivity contribution in [1.29, 1.82) is 0 Å². The predicted molar refractivity (Wildman–Crippen MR) is 72.7 cm³/mol. The van der Waals surface area contributed by atoms with Crippen LogP contribution in [0.4, 0.5) is 4.79 Å². The highest BCUT2D eigenvalue weighted by Crippen LogP contribution is 2.27. The van der Waals surface area contributed by atoms with E-state index in [-0.39, 0.29) is 6.09 Å². The third-order valence-electron chi connectivity index (χ3n) is 3.10. The first-order valence-electron chi connectivity index (χ1n) is 6.60. The first kappa shape index (κ1) is 13.9. The summed E-state index contributed by atoms with van der Waals surface area (Å²) in [6, 6.07) is 7.69. The summed E-state index contributed by atoms with van der Waals surface area (Å²) in [6.07, 6.45) is -0.295. The Balaban J connectivity index is 2.17. The van der Waals surface area contributed by atoms with Crippen molar-refractivity contribution in [3.05, 3.63) is 35.4 Å². The molecule has 1 unspecified atom stereocenters. The van der Waals surface area contributed by atoms with Crippen LogP contribution in [-0.4, -0.2) is 28.2 Å². The first-order valence-corrected chi connectivity index (χ1v) is 6.60. The summed E-state index contributed by atoms with van der Waals surface area (Å²) in [5.41, 5.74) is 1.40. The minimum atomic E-state index is -0.511. The Morgan fingerprint density at radius 1 is 1.37 bits per heavy atom. The quantitative estimate of drug-likeness (QED) is 0.783. The van der Waals surface area contributed by atoms with Crippen LogP contribution in [-0.2, 0) is 11.3 Å². The van der Waals surface area contributed by atoms with Crippen LogP contribution < -0.4 is 0 Å². The lowest BCUT2D eigenvalue weighted by Gasteiger charge is -2.26. The largest absolute Gasteiger partial charge is 0.444 e. The molecule has 1 aliphatic rings. The van der Waals surface area contributed by atoms with E-state index in [4.69, 9.17) is 4.74 Å². The fourth-order valence-electron chi connectivity index (χ4n) is 2.20. The number of hydrogen-bond acceptors (Lipinski definition) is 3. The second-order valence-electron chi connectivity index (χ2n) is 5.91. The maximum Gasteiger partial charge on any atom is 0.410 e. The van der Waals surface area contributed by atoms with Gasteiger partial charge in [-0.2, -0.15) is 0 Å². The van der Waals surface area contributed by atoms with Gasteiger partial charge in [-0.25, -0.2) is 4.79 Å². The fourth-order valence-corrected chi connectivity index (χ4v) is 2.20. The topological polar surface area (TPSA) is 49.8 Å². The number of nitrogens with zero attached hydrogens (tertiary/aromatic N) is 1. The number of rotatable bonds is 0. The molecule has 0 saturated carbocycles. The normalized spacial score (nSPS) is 19.6.